The van der Waals surface area contributed by atoms with Crippen LogP contribution in [0.3, 0.4) is 0 Å². The van der Waals surface area contributed by atoms with Crippen molar-refractivity contribution in [3.05, 3.63) is 24.3 Å². The van der Waals surface area contributed by atoms with Gasteiger partial charge in [-0.1, -0.05) is 238 Å². The molecular formula is C53H101NO5. The summed E-state index contributed by atoms with van der Waals surface area (Å²) in [4.78, 5) is 26.1. The van der Waals surface area contributed by atoms with Gasteiger partial charge in [-0.3, -0.25) is 9.59 Å². The van der Waals surface area contributed by atoms with E-state index in [1.165, 1.54) is 161 Å². The molecule has 0 spiro atoms. The quantitative estimate of drug-likeness (QED) is 0.0322. The van der Waals surface area contributed by atoms with Gasteiger partial charge >= 0.3 is 5.97 Å². The second-order valence-electron chi connectivity index (χ2n) is 18.0. The van der Waals surface area contributed by atoms with E-state index in [0.29, 0.717) is 19.3 Å². The van der Waals surface area contributed by atoms with Crippen LogP contribution in [0, 0.1) is 0 Å². The Kier molecular flexibility index (Phi) is 46.1. The van der Waals surface area contributed by atoms with Crippen LogP contribution >= 0.6 is 0 Å². The predicted molar refractivity (Wildman–Crippen MR) is 255 cm³/mol. The minimum absolute atomic E-state index is 0.0649. The molecular weight excluding hydrogens is 731 g/mol. The van der Waals surface area contributed by atoms with E-state index >= 15 is 0 Å². The SMILES string of the molecule is CCCCCCCCC/C=C/C=C/CCCCCC(CC(=O)NC(CO)C(O)CCCCCCCCCCCC)OC(=O)CCCCCCCCCCCCCCCC. The number of aliphatic hydroxyl groups is 2. The molecule has 0 heterocycles. The first-order chi connectivity index (χ1) is 29.0. The average Bonchev–Trinajstić information content (AvgIpc) is 3.23. The lowest BCUT2D eigenvalue weighted by atomic mass is 10.0. The number of unbranched alkanes of at least 4 members (excludes halogenated alkanes) is 32. The van der Waals surface area contributed by atoms with Gasteiger partial charge in [-0.15, -0.1) is 0 Å². The van der Waals surface area contributed by atoms with Crippen molar-refractivity contribution in [1.82, 2.24) is 5.32 Å². The fraction of sp³-hybridized carbons (Fsp3) is 0.887. The molecule has 0 rings (SSSR count). The summed E-state index contributed by atoms with van der Waals surface area (Å²) in [6, 6.07) is -0.704. The number of carbonyl (C=O) groups excluding carboxylic acids is 2. The van der Waals surface area contributed by atoms with E-state index in [4.69, 9.17) is 4.74 Å². The lowest BCUT2D eigenvalue weighted by Crippen LogP contribution is -2.46. The third kappa shape index (κ3) is 42.8. The second kappa shape index (κ2) is 47.4. The van der Waals surface area contributed by atoms with Crippen LogP contribution in [0.4, 0.5) is 0 Å². The van der Waals surface area contributed by atoms with Crippen molar-refractivity contribution in [2.45, 2.75) is 296 Å². The number of carbonyl (C=O) groups is 2. The van der Waals surface area contributed by atoms with Crippen molar-refractivity contribution in [3.63, 3.8) is 0 Å². The molecule has 0 aromatic heterocycles. The van der Waals surface area contributed by atoms with Gasteiger partial charge < -0.3 is 20.3 Å². The van der Waals surface area contributed by atoms with Crippen LogP contribution < -0.4 is 5.32 Å². The lowest BCUT2D eigenvalue weighted by molar-refractivity contribution is -0.151. The van der Waals surface area contributed by atoms with E-state index in [2.05, 4.69) is 50.4 Å². The molecule has 0 saturated carbocycles. The molecule has 1 amide bonds. The van der Waals surface area contributed by atoms with Crippen molar-refractivity contribution in [2.24, 2.45) is 0 Å². The number of ether oxygens (including phenoxy) is 1. The van der Waals surface area contributed by atoms with Crippen molar-refractivity contribution < 1.29 is 24.5 Å². The Morgan fingerprint density at radius 3 is 1.27 bits per heavy atom. The summed E-state index contributed by atoms with van der Waals surface area (Å²) in [7, 11) is 0. The molecule has 6 heteroatoms. The van der Waals surface area contributed by atoms with Crippen molar-refractivity contribution in [3.8, 4) is 0 Å². The second-order valence-corrected chi connectivity index (χ2v) is 18.0. The topological polar surface area (TPSA) is 95.9 Å². The molecule has 3 unspecified atom stereocenters. The molecule has 0 saturated heterocycles. The highest BCUT2D eigenvalue weighted by Gasteiger charge is 2.24. The number of esters is 1. The number of amides is 1. The summed E-state index contributed by atoms with van der Waals surface area (Å²) in [5.74, 6) is -0.487. The molecule has 0 aliphatic carbocycles. The molecule has 3 N–H and O–H groups in total. The van der Waals surface area contributed by atoms with Crippen LogP contribution in [-0.2, 0) is 14.3 Å². The van der Waals surface area contributed by atoms with Crippen molar-refractivity contribution >= 4 is 11.9 Å². The van der Waals surface area contributed by atoms with E-state index in [1.54, 1.807) is 0 Å². The summed E-state index contributed by atoms with van der Waals surface area (Å²) in [5.41, 5.74) is 0. The Labute approximate surface area is 367 Å². The predicted octanol–water partition coefficient (Wildman–Crippen LogP) is 15.5. The molecule has 3 atom stereocenters. The Morgan fingerprint density at radius 2 is 0.847 bits per heavy atom. The Morgan fingerprint density at radius 1 is 0.492 bits per heavy atom. The number of rotatable bonds is 47. The zero-order chi connectivity index (χ0) is 43.1. The van der Waals surface area contributed by atoms with Gasteiger partial charge in [0.2, 0.25) is 5.91 Å². The van der Waals surface area contributed by atoms with Gasteiger partial charge in [0.1, 0.15) is 6.10 Å². The maximum Gasteiger partial charge on any atom is 0.306 e. The number of hydrogen-bond acceptors (Lipinski definition) is 5. The summed E-state index contributed by atoms with van der Waals surface area (Å²) in [6.45, 7) is 6.47. The average molecular weight is 832 g/mol. The molecule has 0 aromatic rings. The van der Waals surface area contributed by atoms with Gasteiger partial charge in [0.05, 0.1) is 25.2 Å². The van der Waals surface area contributed by atoms with Crippen molar-refractivity contribution in [1.29, 1.82) is 0 Å². The lowest BCUT2D eigenvalue weighted by Gasteiger charge is -2.24. The van der Waals surface area contributed by atoms with Crippen LogP contribution in [0.5, 0.6) is 0 Å². The smallest absolute Gasteiger partial charge is 0.306 e. The third-order valence-electron chi connectivity index (χ3n) is 12.1. The first-order valence-electron chi connectivity index (χ1n) is 26.1. The van der Waals surface area contributed by atoms with Crippen LogP contribution in [0.1, 0.15) is 278 Å². The largest absolute Gasteiger partial charge is 0.462 e. The Balaban J connectivity index is 4.61. The molecule has 0 fully saturated rings. The van der Waals surface area contributed by atoms with E-state index in [9.17, 15) is 19.8 Å². The van der Waals surface area contributed by atoms with E-state index in [1.807, 2.05) is 0 Å². The first-order valence-corrected chi connectivity index (χ1v) is 26.1. The van der Waals surface area contributed by atoms with Gasteiger partial charge in [0.25, 0.3) is 0 Å². The van der Waals surface area contributed by atoms with E-state index < -0.39 is 18.2 Å². The molecule has 0 aromatic carbocycles. The number of aliphatic hydroxyl groups excluding tert-OH is 2. The molecule has 0 bridgehead atoms. The van der Waals surface area contributed by atoms with Gasteiger partial charge in [-0.25, -0.2) is 0 Å². The normalized spacial score (nSPS) is 13.4. The van der Waals surface area contributed by atoms with Crippen LogP contribution in [-0.4, -0.2) is 46.9 Å². The molecule has 0 aliphatic heterocycles. The zero-order valence-electron chi connectivity index (χ0n) is 39.7. The Bertz CT molecular complexity index is 935. The summed E-state index contributed by atoms with van der Waals surface area (Å²) in [6.07, 6.45) is 53.8. The highest BCUT2D eigenvalue weighted by Crippen LogP contribution is 2.18. The minimum atomic E-state index is -0.789. The number of hydrogen-bond donors (Lipinski definition) is 3. The fourth-order valence-corrected chi connectivity index (χ4v) is 8.07. The standard InChI is InChI=1S/C53H101NO5/c1-4-7-10-13-16-19-22-24-26-27-28-30-32-35-38-41-44-49(59-53(58)46-43-40-37-34-31-29-25-23-20-17-14-11-8-5-2)47-52(57)54-50(48-55)51(56)45-42-39-36-33-21-18-15-12-9-6-3/h26-28,30,49-51,55-56H,4-25,29,31-48H2,1-3H3,(H,54,57)/b27-26+,30-28+. The fourth-order valence-electron chi connectivity index (χ4n) is 8.07. The Hall–Kier alpha value is -1.66. The van der Waals surface area contributed by atoms with E-state index in [-0.39, 0.29) is 24.9 Å². The van der Waals surface area contributed by atoms with E-state index in [0.717, 1.165) is 70.6 Å². The van der Waals surface area contributed by atoms with Gasteiger partial charge in [0, 0.05) is 6.42 Å². The summed E-state index contributed by atoms with van der Waals surface area (Å²) in [5, 5.41) is 23.7. The van der Waals surface area contributed by atoms with Crippen LogP contribution in [0.15, 0.2) is 24.3 Å². The third-order valence-corrected chi connectivity index (χ3v) is 12.1. The highest BCUT2D eigenvalue weighted by atomic mass is 16.5. The molecule has 348 valence electrons. The van der Waals surface area contributed by atoms with Gasteiger partial charge in [-0.2, -0.15) is 0 Å². The van der Waals surface area contributed by atoms with Gasteiger partial charge in [-0.05, 0) is 51.4 Å². The molecule has 0 radical (unpaired) electrons. The summed E-state index contributed by atoms with van der Waals surface area (Å²) < 4.78 is 5.93. The highest BCUT2D eigenvalue weighted by molar-refractivity contribution is 5.77. The monoisotopic (exact) mass is 832 g/mol. The van der Waals surface area contributed by atoms with Crippen LogP contribution in [0.25, 0.3) is 0 Å². The maximum absolute atomic E-state index is 13.2. The molecule has 0 aliphatic rings. The molecule has 6 nitrogen and oxygen atoms in total. The van der Waals surface area contributed by atoms with Crippen LogP contribution in [0.2, 0.25) is 0 Å². The number of nitrogens with one attached hydrogen (secondary N) is 1. The minimum Gasteiger partial charge on any atom is -0.462 e. The number of allylic oxidation sites excluding steroid dienone is 4. The van der Waals surface area contributed by atoms with Gasteiger partial charge in [0.15, 0.2) is 0 Å². The maximum atomic E-state index is 13.2. The zero-order valence-corrected chi connectivity index (χ0v) is 39.7. The first kappa shape index (κ1) is 57.3. The summed E-state index contributed by atoms with van der Waals surface area (Å²) >= 11 is 0. The molecule has 59 heavy (non-hydrogen) atoms. The van der Waals surface area contributed by atoms with Crippen molar-refractivity contribution in [2.75, 3.05) is 6.61 Å².